The molecular formula is C8H9N3O. The lowest BCUT2D eigenvalue weighted by atomic mass is 10.1. The second kappa shape index (κ2) is 2.48. The van der Waals surface area contributed by atoms with Gasteiger partial charge in [0.05, 0.1) is 11.9 Å². The number of nitrogens with zero attached hydrogens (tertiary/aromatic N) is 1. The lowest BCUT2D eigenvalue weighted by Crippen LogP contribution is -2.33. The molecule has 0 radical (unpaired) electrons. The van der Waals surface area contributed by atoms with Gasteiger partial charge in [-0.25, -0.2) is 0 Å². The summed E-state index contributed by atoms with van der Waals surface area (Å²) in [7, 11) is 0. The van der Waals surface area contributed by atoms with Gasteiger partial charge in [0.25, 0.3) is 0 Å². The van der Waals surface area contributed by atoms with E-state index in [0.717, 1.165) is 11.3 Å². The molecule has 0 spiro atoms. The number of rotatable bonds is 1. The average Bonchev–Trinajstić information content (AvgIpc) is 2.46. The van der Waals surface area contributed by atoms with E-state index in [1.54, 1.807) is 12.4 Å². The summed E-state index contributed by atoms with van der Waals surface area (Å²) in [5.41, 5.74) is 7.18. The fourth-order valence-corrected chi connectivity index (χ4v) is 1.36. The molecular weight excluding hydrogens is 154 g/mol. The summed E-state index contributed by atoms with van der Waals surface area (Å²) >= 11 is 0. The van der Waals surface area contributed by atoms with Crippen molar-refractivity contribution < 1.29 is 4.79 Å². The molecule has 1 unspecified atom stereocenters. The maximum atomic E-state index is 10.8. The van der Waals surface area contributed by atoms with Gasteiger partial charge in [-0.15, -0.1) is 0 Å². The smallest absolute Gasteiger partial charge is 0.240 e. The van der Waals surface area contributed by atoms with Gasteiger partial charge in [-0.1, -0.05) is 0 Å². The van der Waals surface area contributed by atoms with Crippen LogP contribution in [0.3, 0.4) is 0 Å². The lowest BCUT2D eigenvalue weighted by molar-refractivity contribution is -0.118. The van der Waals surface area contributed by atoms with Crippen molar-refractivity contribution in [1.29, 1.82) is 0 Å². The topological polar surface area (TPSA) is 68.0 Å². The molecule has 0 aromatic carbocycles. The Hall–Kier alpha value is -1.58. The highest BCUT2D eigenvalue weighted by molar-refractivity contribution is 5.85. The normalized spacial score (nSPS) is 19.8. The van der Waals surface area contributed by atoms with Crippen LogP contribution in [0.4, 0.5) is 5.69 Å². The number of carbonyl (C=O) groups excluding carboxylic acids is 1. The number of hydrogen-bond donors (Lipinski definition) is 2. The monoisotopic (exact) mass is 163 g/mol. The van der Waals surface area contributed by atoms with Crippen molar-refractivity contribution in [2.24, 2.45) is 5.73 Å². The van der Waals surface area contributed by atoms with E-state index in [-0.39, 0.29) is 11.9 Å². The lowest BCUT2D eigenvalue weighted by Gasteiger charge is -2.03. The summed E-state index contributed by atoms with van der Waals surface area (Å²) < 4.78 is 0. The summed E-state index contributed by atoms with van der Waals surface area (Å²) in [6.45, 7) is 0. The second-order valence-electron chi connectivity index (χ2n) is 2.84. The first-order valence-electron chi connectivity index (χ1n) is 3.76. The Bertz CT molecular complexity index is 299. The number of amides is 1. The van der Waals surface area contributed by atoms with Gasteiger partial charge >= 0.3 is 0 Å². The van der Waals surface area contributed by atoms with Crippen molar-refractivity contribution in [3.63, 3.8) is 0 Å². The SMILES string of the molecule is NC(=O)C1Cc2ccncc2N1. The highest BCUT2D eigenvalue weighted by atomic mass is 16.1. The number of pyridine rings is 1. The number of fused-ring (bicyclic) bond motifs is 1. The predicted molar refractivity (Wildman–Crippen MR) is 44.5 cm³/mol. The van der Waals surface area contributed by atoms with Crippen LogP contribution in [0, 0.1) is 0 Å². The summed E-state index contributed by atoms with van der Waals surface area (Å²) in [5.74, 6) is -0.314. The van der Waals surface area contributed by atoms with Gasteiger partial charge in [0.15, 0.2) is 0 Å². The van der Waals surface area contributed by atoms with Gasteiger partial charge in [-0.3, -0.25) is 9.78 Å². The molecule has 1 aliphatic heterocycles. The van der Waals surface area contributed by atoms with E-state index >= 15 is 0 Å². The quantitative estimate of drug-likeness (QED) is 0.607. The molecule has 1 aromatic heterocycles. The third-order valence-electron chi connectivity index (χ3n) is 2.01. The van der Waals surface area contributed by atoms with Gasteiger partial charge in [0.1, 0.15) is 6.04 Å². The molecule has 2 rings (SSSR count). The minimum atomic E-state index is -0.314. The molecule has 0 saturated carbocycles. The van der Waals surface area contributed by atoms with E-state index in [1.165, 1.54) is 0 Å². The van der Waals surface area contributed by atoms with E-state index in [1.807, 2.05) is 6.07 Å². The molecule has 0 fully saturated rings. The largest absolute Gasteiger partial charge is 0.372 e. The zero-order valence-electron chi connectivity index (χ0n) is 6.45. The van der Waals surface area contributed by atoms with Crippen molar-refractivity contribution in [2.45, 2.75) is 12.5 Å². The van der Waals surface area contributed by atoms with Crippen LogP contribution >= 0.6 is 0 Å². The summed E-state index contributed by atoms with van der Waals surface area (Å²) in [5, 5.41) is 3.00. The summed E-state index contributed by atoms with van der Waals surface area (Å²) in [6, 6.07) is 1.63. The molecule has 12 heavy (non-hydrogen) atoms. The minimum absolute atomic E-state index is 0.260. The van der Waals surface area contributed by atoms with Gasteiger partial charge in [0.2, 0.25) is 5.91 Å². The second-order valence-corrected chi connectivity index (χ2v) is 2.84. The molecule has 1 amide bonds. The molecule has 0 aliphatic carbocycles. The Morgan fingerprint density at radius 2 is 2.58 bits per heavy atom. The van der Waals surface area contributed by atoms with Crippen LogP contribution in [0.2, 0.25) is 0 Å². The molecule has 2 heterocycles. The highest BCUT2D eigenvalue weighted by Gasteiger charge is 2.24. The first kappa shape index (κ1) is 7.09. The number of carbonyl (C=O) groups is 1. The van der Waals surface area contributed by atoms with Gasteiger partial charge in [0, 0.05) is 12.6 Å². The van der Waals surface area contributed by atoms with Crippen molar-refractivity contribution >= 4 is 11.6 Å². The molecule has 1 atom stereocenters. The number of primary amides is 1. The number of aromatic nitrogens is 1. The van der Waals surface area contributed by atoms with Gasteiger partial charge in [-0.05, 0) is 11.6 Å². The highest BCUT2D eigenvalue weighted by Crippen LogP contribution is 2.23. The zero-order valence-corrected chi connectivity index (χ0v) is 6.45. The maximum Gasteiger partial charge on any atom is 0.240 e. The average molecular weight is 163 g/mol. The maximum absolute atomic E-state index is 10.8. The van der Waals surface area contributed by atoms with Gasteiger partial charge < -0.3 is 11.1 Å². The molecule has 0 bridgehead atoms. The van der Waals surface area contributed by atoms with E-state index in [9.17, 15) is 4.79 Å². The van der Waals surface area contributed by atoms with E-state index < -0.39 is 0 Å². The number of hydrogen-bond acceptors (Lipinski definition) is 3. The fraction of sp³-hybridized carbons (Fsp3) is 0.250. The molecule has 1 aromatic rings. The molecule has 1 aliphatic rings. The number of nitrogens with two attached hydrogens (primary N) is 1. The predicted octanol–water partition coefficient (Wildman–Crippen LogP) is -0.0965. The molecule has 4 heteroatoms. The zero-order chi connectivity index (χ0) is 8.55. The summed E-state index contributed by atoms with van der Waals surface area (Å²) in [4.78, 5) is 14.7. The number of nitrogens with one attached hydrogen (secondary N) is 1. The van der Waals surface area contributed by atoms with E-state index in [2.05, 4.69) is 10.3 Å². The first-order valence-corrected chi connectivity index (χ1v) is 3.76. The van der Waals surface area contributed by atoms with Crippen LogP contribution in [0.5, 0.6) is 0 Å². The van der Waals surface area contributed by atoms with Crippen molar-refractivity contribution in [1.82, 2.24) is 4.98 Å². The van der Waals surface area contributed by atoms with Crippen molar-refractivity contribution in [3.05, 3.63) is 24.0 Å². The minimum Gasteiger partial charge on any atom is -0.372 e. The van der Waals surface area contributed by atoms with E-state index in [0.29, 0.717) is 6.42 Å². The molecule has 62 valence electrons. The first-order chi connectivity index (χ1) is 5.77. The molecule has 4 nitrogen and oxygen atoms in total. The van der Waals surface area contributed by atoms with Crippen LogP contribution in [0.1, 0.15) is 5.56 Å². The van der Waals surface area contributed by atoms with Crippen LogP contribution < -0.4 is 11.1 Å². The van der Waals surface area contributed by atoms with Crippen LogP contribution in [0.25, 0.3) is 0 Å². The Labute approximate surface area is 69.8 Å². The molecule has 3 N–H and O–H groups in total. The Morgan fingerprint density at radius 1 is 1.75 bits per heavy atom. The standard InChI is InChI=1S/C8H9N3O/c9-8(12)6-3-5-1-2-10-4-7(5)11-6/h1-2,4,6,11H,3H2,(H2,9,12). The Balaban J connectivity index is 2.27. The Kier molecular flexibility index (Phi) is 1.46. The van der Waals surface area contributed by atoms with E-state index in [4.69, 9.17) is 5.73 Å². The van der Waals surface area contributed by atoms with Crippen molar-refractivity contribution in [2.75, 3.05) is 5.32 Å². The van der Waals surface area contributed by atoms with Crippen molar-refractivity contribution in [3.8, 4) is 0 Å². The third kappa shape index (κ3) is 1.01. The number of anilines is 1. The molecule has 0 saturated heterocycles. The fourth-order valence-electron chi connectivity index (χ4n) is 1.36. The van der Waals surface area contributed by atoms with Crippen LogP contribution in [0.15, 0.2) is 18.5 Å². The van der Waals surface area contributed by atoms with Crippen LogP contribution in [-0.2, 0) is 11.2 Å². The van der Waals surface area contributed by atoms with Crippen LogP contribution in [-0.4, -0.2) is 16.9 Å². The third-order valence-corrected chi connectivity index (χ3v) is 2.01. The summed E-state index contributed by atoms with van der Waals surface area (Å²) in [6.07, 6.45) is 4.09. The van der Waals surface area contributed by atoms with Gasteiger partial charge in [-0.2, -0.15) is 0 Å². The Morgan fingerprint density at radius 3 is 3.25 bits per heavy atom.